The Morgan fingerprint density at radius 1 is 1.50 bits per heavy atom. The molecule has 0 heterocycles. The molecule has 0 amide bonds. The molecule has 2 atom stereocenters. The maximum Gasteiger partial charge on any atom is 0.326 e. The molecule has 0 aromatic heterocycles. The standard InChI is InChI=1S/C14H17Cl2NO2S/c1-17-14(13(18)19-2)6-5-10(8-14)20-12-7-9(15)3-4-11(12)16/h3-4,7,10,17H,5-6,8H2,1-2H3. The summed E-state index contributed by atoms with van der Waals surface area (Å²) in [5.41, 5.74) is -0.572. The van der Waals surface area contributed by atoms with E-state index >= 15 is 0 Å². The summed E-state index contributed by atoms with van der Waals surface area (Å²) < 4.78 is 4.91. The van der Waals surface area contributed by atoms with Gasteiger partial charge in [0.2, 0.25) is 0 Å². The third-order valence-corrected chi connectivity index (χ3v) is 5.71. The third kappa shape index (κ3) is 3.25. The first kappa shape index (κ1) is 16.0. The number of methoxy groups -OCH3 is 1. The van der Waals surface area contributed by atoms with Crippen molar-refractivity contribution in [2.45, 2.75) is 34.9 Å². The number of hydrogen-bond acceptors (Lipinski definition) is 4. The van der Waals surface area contributed by atoms with Gasteiger partial charge in [0.25, 0.3) is 0 Å². The molecule has 2 unspecified atom stereocenters. The Morgan fingerprint density at radius 2 is 2.25 bits per heavy atom. The van der Waals surface area contributed by atoms with Crippen molar-refractivity contribution >= 4 is 40.9 Å². The Balaban J connectivity index is 2.10. The average molecular weight is 334 g/mol. The number of halogens is 2. The number of likely N-dealkylation sites (N-methyl/N-ethyl adjacent to an activating group) is 1. The number of rotatable bonds is 4. The fraction of sp³-hybridized carbons (Fsp3) is 0.500. The van der Waals surface area contributed by atoms with Gasteiger partial charge in [0, 0.05) is 15.2 Å². The smallest absolute Gasteiger partial charge is 0.326 e. The zero-order chi connectivity index (χ0) is 14.8. The average Bonchev–Trinajstić information content (AvgIpc) is 2.86. The minimum atomic E-state index is -0.572. The number of carbonyl (C=O) groups is 1. The van der Waals surface area contributed by atoms with Crippen molar-refractivity contribution in [1.82, 2.24) is 5.32 Å². The second-order valence-corrected chi connectivity index (χ2v) is 7.07. The summed E-state index contributed by atoms with van der Waals surface area (Å²) in [5.74, 6) is -0.194. The normalized spacial score (nSPS) is 25.7. The van der Waals surface area contributed by atoms with Crippen LogP contribution >= 0.6 is 35.0 Å². The number of thioether (sulfide) groups is 1. The number of ether oxygens (including phenoxy) is 1. The lowest BCUT2D eigenvalue weighted by Crippen LogP contribution is -2.49. The topological polar surface area (TPSA) is 38.3 Å². The van der Waals surface area contributed by atoms with Crippen LogP contribution in [0.25, 0.3) is 0 Å². The van der Waals surface area contributed by atoms with E-state index in [4.69, 9.17) is 27.9 Å². The van der Waals surface area contributed by atoms with Gasteiger partial charge >= 0.3 is 5.97 Å². The predicted octanol–water partition coefficient (Wildman–Crippen LogP) is 3.77. The van der Waals surface area contributed by atoms with Crippen molar-refractivity contribution in [2.24, 2.45) is 0 Å². The summed E-state index contributed by atoms with van der Waals surface area (Å²) in [7, 11) is 3.23. The highest BCUT2D eigenvalue weighted by Crippen LogP contribution is 2.43. The van der Waals surface area contributed by atoms with Crippen molar-refractivity contribution in [2.75, 3.05) is 14.2 Å². The molecule has 1 aliphatic carbocycles. The van der Waals surface area contributed by atoms with Crippen LogP contribution in [-0.2, 0) is 9.53 Å². The van der Waals surface area contributed by atoms with Crippen LogP contribution in [0.2, 0.25) is 10.0 Å². The monoisotopic (exact) mass is 333 g/mol. The maximum absolute atomic E-state index is 11.9. The lowest BCUT2D eigenvalue weighted by molar-refractivity contribution is -0.148. The van der Waals surface area contributed by atoms with Crippen LogP contribution in [0.4, 0.5) is 0 Å². The minimum Gasteiger partial charge on any atom is -0.468 e. The second kappa shape index (κ2) is 6.56. The van der Waals surface area contributed by atoms with Crippen molar-refractivity contribution in [3.05, 3.63) is 28.2 Å². The Hall–Kier alpha value is -0.420. The molecular formula is C14H17Cl2NO2S. The largest absolute Gasteiger partial charge is 0.468 e. The maximum atomic E-state index is 11.9. The first-order chi connectivity index (χ1) is 9.50. The number of esters is 1. The molecule has 0 bridgehead atoms. The third-order valence-electron chi connectivity index (χ3n) is 3.71. The van der Waals surface area contributed by atoms with E-state index in [2.05, 4.69) is 5.32 Å². The van der Waals surface area contributed by atoms with Crippen molar-refractivity contribution in [3.63, 3.8) is 0 Å². The van der Waals surface area contributed by atoms with Crippen LogP contribution in [-0.4, -0.2) is 30.9 Å². The number of benzene rings is 1. The van der Waals surface area contributed by atoms with Gasteiger partial charge in [-0.25, -0.2) is 0 Å². The molecule has 0 aliphatic heterocycles. The van der Waals surface area contributed by atoms with Gasteiger partial charge in [0.1, 0.15) is 5.54 Å². The molecule has 1 saturated carbocycles. The molecular weight excluding hydrogens is 317 g/mol. The Bertz CT molecular complexity index is 512. The van der Waals surface area contributed by atoms with Gasteiger partial charge in [-0.3, -0.25) is 4.79 Å². The van der Waals surface area contributed by atoms with E-state index in [1.54, 1.807) is 30.9 Å². The zero-order valence-electron chi connectivity index (χ0n) is 11.4. The van der Waals surface area contributed by atoms with Crippen molar-refractivity contribution in [3.8, 4) is 0 Å². The van der Waals surface area contributed by atoms with E-state index in [9.17, 15) is 4.79 Å². The van der Waals surface area contributed by atoms with Crippen LogP contribution in [0.3, 0.4) is 0 Å². The van der Waals surface area contributed by atoms with Crippen LogP contribution in [0, 0.1) is 0 Å². The fourth-order valence-electron chi connectivity index (χ4n) is 2.56. The zero-order valence-corrected chi connectivity index (χ0v) is 13.7. The van der Waals surface area contributed by atoms with Crippen LogP contribution < -0.4 is 5.32 Å². The van der Waals surface area contributed by atoms with E-state index in [0.29, 0.717) is 15.3 Å². The van der Waals surface area contributed by atoms with Crippen LogP contribution in [0.5, 0.6) is 0 Å². The molecule has 1 aromatic carbocycles. The Labute approximate surface area is 133 Å². The molecule has 3 nitrogen and oxygen atoms in total. The van der Waals surface area contributed by atoms with Crippen molar-refractivity contribution in [1.29, 1.82) is 0 Å². The summed E-state index contributed by atoms with van der Waals surface area (Å²) in [6.07, 6.45) is 2.43. The summed E-state index contributed by atoms with van der Waals surface area (Å²) in [6.45, 7) is 0. The molecule has 110 valence electrons. The quantitative estimate of drug-likeness (QED) is 0.851. The summed E-state index contributed by atoms with van der Waals surface area (Å²) >= 11 is 13.9. The lowest BCUT2D eigenvalue weighted by atomic mass is 9.98. The van der Waals surface area contributed by atoms with Crippen LogP contribution in [0.15, 0.2) is 23.1 Å². The molecule has 2 rings (SSSR count). The van der Waals surface area contributed by atoms with Gasteiger partial charge in [-0.1, -0.05) is 23.2 Å². The highest BCUT2D eigenvalue weighted by molar-refractivity contribution is 8.00. The fourth-order valence-corrected chi connectivity index (χ4v) is 4.38. The summed E-state index contributed by atoms with van der Waals surface area (Å²) in [6, 6.07) is 5.44. The molecule has 1 fully saturated rings. The van der Waals surface area contributed by atoms with Gasteiger partial charge in [-0.2, -0.15) is 0 Å². The summed E-state index contributed by atoms with van der Waals surface area (Å²) in [5, 5.41) is 4.80. The van der Waals surface area contributed by atoms with Gasteiger partial charge in [-0.05, 0) is 44.5 Å². The van der Waals surface area contributed by atoms with E-state index < -0.39 is 5.54 Å². The predicted molar refractivity (Wildman–Crippen MR) is 83.8 cm³/mol. The van der Waals surface area contributed by atoms with Crippen molar-refractivity contribution < 1.29 is 9.53 Å². The van der Waals surface area contributed by atoms with E-state index in [1.165, 1.54) is 7.11 Å². The molecule has 1 N–H and O–H groups in total. The van der Waals surface area contributed by atoms with Gasteiger partial charge in [0.05, 0.1) is 12.1 Å². The molecule has 20 heavy (non-hydrogen) atoms. The molecule has 0 spiro atoms. The first-order valence-corrected chi connectivity index (χ1v) is 8.03. The number of nitrogens with one attached hydrogen (secondary N) is 1. The van der Waals surface area contributed by atoms with E-state index in [-0.39, 0.29) is 5.97 Å². The highest BCUT2D eigenvalue weighted by atomic mass is 35.5. The van der Waals surface area contributed by atoms with Gasteiger partial charge < -0.3 is 10.1 Å². The summed E-state index contributed by atoms with van der Waals surface area (Å²) in [4.78, 5) is 12.9. The molecule has 1 aliphatic rings. The minimum absolute atomic E-state index is 0.194. The first-order valence-electron chi connectivity index (χ1n) is 6.40. The SMILES string of the molecule is CNC1(C(=O)OC)CCC(Sc2cc(Cl)ccc2Cl)C1. The number of carbonyl (C=O) groups excluding carboxylic acids is 1. The second-order valence-electron chi connectivity index (χ2n) is 4.88. The van der Waals surface area contributed by atoms with E-state index in [0.717, 1.165) is 24.2 Å². The lowest BCUT2D eigenvalue weighted by Gasteiger charge is -2.25. The van der Waals surface area contributed by atoms with Gasteiger partial charge in [-0.15, -0.1) is 11.8 Å². The Morgan fingerprint density at radius 3 is 2.90 bits per heavy atom. The van der Waals surface area contributed by atoms with Crippen LogP contribution in [0.1, 0.15) is 19.3 Å². The van der Waals surface area contributed by atoms with E-state index in [1.807, 2.05) is 6.07 Å². The molecule has 0 saturated heterocycles. The molecule has 0 radical (unpaired) electrons. The highest BCUT2D eigenvalue weighted by Gasteiger charge is 2.45. The Kier molecular flexibility index (Phi) is 5.24. The number of hydrogen-bond donors (Lipinski definition) is 1. The molecule has 6 heteroatoms. The molecule has 1 aromatic rings. The van der Waals surface area contributed by atoms with Gasteiger partial charge in [0.15, 0.2) is 0 Å².